The first-order valence-corrected chi connectivity index (χ1v) is 5.81. The van der Waals surface area contributed by atoms with Gasteiger partial charge in [0, 0.05) is 23.5 Å². The summed E-state index contributed by atoms with van der Waals surface area (Å²) in [6.45, 7) is 9.47. The van der Waals surface area contributed by atoms with Gasteiger partial charge in [-0.3, -0.25) is 4.99 Å². The Labute approximate surface area is 92.2 Å². The number of nitrogens with one attached hydrogen (secondary N) is 1. The van der Waals surface area contributed by atoms with E-state index in [1.807, 2.05) is 6.20 Å². The van der Waals surface area contributed by atoms with Gasteiger partial charge in [-0.2, -0.15) is 0 Å². The summed E-state index contributed by atoms with van der Waals surface area (Å²) in [6.07, 6.45) is 5.70. The van der Waals surface area contributed by atoms with Gasteiger partial charge in [-0.15, -0.1) is 0 Å². The van der Waals surface area contributed by atoms with Gasteiger partial charge in [0.25, 0.3) is 0 Å². The molecule has 2 atom stereocenters. The molecule has 2 heteroatoms. The Kier molecular flexibility index (Phi) is 2.94. The van der Waals surface area contributed by atoms with E-state index in [1.165, 1.54) is 30.5 Å². The fourth-order valence-corrected chi connectivity index (χ4v) is 2.44. The summed E-state index contributed by atoms with van der Waals surface area (Å²) in [4.78, 5) is 4.39. The molecule has 0 aromatic heterocycles. The highest BCUT2D eigenvalue weighted by molar-refractivity contribution is 5.85. The van der Waals surface area contributed by atoms with Gasteiger partial charge in [-0.25, -0.2) is 0 Å². The largest absolute Gasteiger partial charge is 0.381 e. The molecule has 1 aliphatic heterocycles. The van der Waals surface area contributed by atoms with Crippen molar-refractivity contribution < 1.29 is 0 Å². The molecule has 1 fully saturated rings. The summed E-state index contributed by atoms with van der Waals surface area (Å²) < 4.78 is 0. The molecule has 0 bridgehead atoms. The van der Waals surface area contributed by atoms with E-state index in [2.05, 4.69) is 30.7 Å². The Morgan fingerprint density at radius 3 is 2.87 bits per heavy atom. The van der Waals surface area contributed by atoms with Crippen LogP contribution in [0.4, 0.5) is 0 Å². The third-order valence-electron chi connectivity index (χ3n) is 3.40. The molecule has 0 saturated heterocycles. The standard InChI is InChI=1S/C13H20N2/c1-9-4-5-12(10(2)6-9)13-8-14-11(3)7-15-13/h8-9,12,15H,2,4-7H2,1,3H3. The second-order valence-electron chi connectivity index (χ2n) is 4.90. The SMILES string of the molecule is C=C1CC(C)CCC1C1=CN=C(C)CN1. The van der Waals surface area contributed by atoms with Crippen molar-refractivity contribution in [2.75, 3.05) is 6.54 Å². The molecule has 15 heavy (non-hydrogen) atoms. The van der Waals surface area contributed by atoms with E-state index >= 15 is 0 Å². The maximum absolute atomic E-state index is 4.39. The van der Waals surface area contributed by atoms with Crippen LogP contribution < -0.4 is 5.32 Å². The average molecular weight is 204 g/mol. The van der Waals surface area contributed by atoms with Crippen molar-refractivity contribution in [3.63, 3.8) is 0 Å². The van der Waals surface area contributed by atoms with Crippen LogP contribution in [-0.4, -0.2) is 12.3 Å². The highest BCUT2D eigenvalue weighted by Crippen LogP contribution is 2.35. The van der Waals surface area contributed by atoms with Crippen LogP contribution in [-0.2, 0) is 0 Å². The van der Waals surface area contributed by atoms with Crippen LogP contribution in [0.2, 0.25) is 0 Å². The lowest BCUT2D eigenvalue weighted by molar-refractivity contribution is 0.389. The van der Waals surface area contributed by atoms with E-state index in [1.54, 1.807) is 0 Å². The molecule has 82 valence electrons. The summed E-state index contributed by atoms with van der Waals surface area (Å²) in [7, 11) is 0. The van der Waals surface area contributed by atoms with Crippen LogP contribution in [0.5, 0.6) is 0 Å². The van der Waals surface area contributed by atoms with E-state index < -0.39 is 0 Å². The van der Waals surface area contributed by atoms with E-state index in [0.29, 0.717) is 5.92 Å². The van der Waals surface area contributed by atoms with Crippen molar-refractivity contribution in [2.24, 2.45) is 16.8 Å². The Bertz CT molecular complexity index is 325. The van der Waals surface area contributed by atoms with Gasteiger partial charge in [0.2, 0.25) is 0 Å². The zero-order valence-electron chi connectivity index (χ0n) is 9.71. The number of hydrogen-bond donors (Lipinski definition) is 1. The lowest BCUT2D eigenvalue weighted by atomic mass is 9.78. The van der Waals surface area contributed by atoms with E-state index in [-0.39, 0.29) is 0 Å². The van der Waals surface area contributed by atoms with Gasteiger partial charge in [0.15, 0.2) is 0 Å². The molecule has 0 aromatic rings. The van der Waals surface area contributed by atoms with Crippen LogP contribution in [0.15, 0.2) is 29.0 Å². The van der Waals surface area contributed by atoms with Crippen molar-refractivity contribution in [3.8, 4) is 0 Å². The fraction of sp³-hybridized carbons (Fsp3) is 0.615. The first kappa shape index (κ1) is 10.5. The molecule has 2 aliphatic rings. The third-order valence-corrected chi connectivity index (χ3v) is 3.40. The Hall–Kier alpha value is -1.05. The normalized spacial score (nSPS) is 31.7. The van der Waals surface area contributed by atoms with E-state index in [0.717, 1.165) is 18.2 Å². The molecule has 2 nitrogen and oxygen atoms in total. The Balaban J connectivity index is 2.08. The summed E-state index contributed by atoms with van der Waals surface area (Å²) in [5.41, 5.74) is 3.81. The van der Waals surface area contributed by atoms with Crippen LogP contribution in [0.25, 0.3) is 0 Å². The Morgan fingerprint density at radius 2 is 2.27 bits per heavy atom. The molecule has 0 spiro atoms. The second-order valence-corrected chi connectivity index (χ2v) is 4.90. The zero-order valence-corrected chi connectivity index (χ0v) is 9.71. The average Bonchev–Trinajstić information content (AvgIpc) is 2.20. The number of nitrogens with zero attached hydrogens (tertiary/aromatic N) is 1. The number of rotatable bonds is 1. The molecule has 0 radical (unpaired) electrons. The summed E-state index contributed by atoms with van der Waals surface area (Å²) in [6, 6.07) is 0. The second kappa shape index (κ2) is 4.21. The minimum Gasteiger partial charge on any atom is -0.381 e. The van der Waals surface area contributed by atoms with Gasteiger partial charge in [0.05, 0.1) is 6.54 Å². The predicted molar refractivity (Wildman–Crippen MR) is 64.8 cm³/mol. The molecule has 1 aliphatic carbocycles. The maximum atomic E-state index is 4.39. The smallest absolute Gasteiger partial charge is 0.0528 e. The molecule has 1 heterocycles. The van der Waals surface area contributed by atoms with Gasteiger partial charge in [-0.1, -0.05) is 19.1 Å². The minimum atomic E-state index is 0.526. The first-order chi connectivity index (χ1) is 7.16. The van der Waals surface area contributed by atoms with Crippen LogP contribution >= 0.6 is 0 Å². The molecule has 2 rings (SSSR count). The van der Waals surface area contributed by atoms with Crippen molar-refractivity contribution in [1.29, 1.82) is 0 Å². The van der Waals surface area contributed by atoms with Gasteiger partial charge >= 0.3 is 0 Å². The van der Waals surface area contributed by atoms with Gasteiger partial charge in [0.1, 0.15) is 0 Å². The van der Waals surface area contributed by atoms with E-state index in [4.69, 9.17) is 0 Å². The topological polar surface area (TPSA) is 24.4 Å². The molecule has 0 aromatic carbocycles. The number of allylic oxidation sites excluding steroid dienone is 1. The van der Waals surface area contributed by atoms with Crippen LogP contribution in [0.3, 0.4) is 0 Å². The summed E-state index contributed by atoms with van der Waals surface area (Å²) in [5.74, 6) is 1.33. The molecule has 2 unspecified atom stereocenters. The lowest BCUT2D eigenvalue weighted by Gasteiger charge is -2.31. The van der Waals surface area contributed by atoms with Crippen molar-refractivity contribution in [1.82, 2.24) is 5.32 Å². The van der Waals surface area contributed by atoms with Crippen molar-refractivity contribution in [2.45, 2.75) is 33.1 Å². The number of hydrogen-bond acceptors (Lipinski definition) is 2. The van der Waals surface area contributed by atoms with Crippen molar-refractivity contribution >= 4 is 5.71 Å². The highest BCUT2D eigenvalue weighted by atomic mass is 15.0. The van der Waals surface area contributed by atoms with E-state index in [9.17, 15) is 0 Å². The molecular weight excluding hydrogens is 184 g/mol. The molecule has 1 N–H and O–H groups in total. The zero-order chi connectivity index (χ0) is 10.8. The maximum Gasteiger partial charge on any atom is 0.0528 e. The van der Waals surface area contributed by atoms with Crippen LogP contribution in [0, 0.1) is 11.8 Å². The minimum absolute atomic E-state index is 0.526. The molecular formula is C13H20N2. The van der Waals surface area contributed by atoms with Crippen LogP contribution in [0.1, 0.15) is 33.1 Å². The summed E-state index contributed by atoms with van der Waals surface area (Å²) >= 11 is 0. The van der Waals surface area contributed by atoms with Crippen molar-refractivity contribution in [3.05, 3.63) is 24.0 Å². The lowest BCUT2D eigenvalue weighted by Crippen LogP contribution is -2.30. The predicted octanol–water partition coefficient (Wildman–Crippen LogP) is 2.88. The fourth-order valence-electron chi connectivity index (χ4n) is 2.44. The summed E-state index contributed by atoms with van der Waals surface area (Å²) in [5, 5.41) is 3.45. The van der Waals surface area contributed by atoms with Gasteiger partial charge in [-0.05, 0) is 32.1 Å². The Morgan fingerprint density at radius 1 is 1.47 bits per heavy atom. The quantitative estimate of drug-likeness (QED) is 0.653. The van der Waals surface area contributed by atoms with Gasteiger partial charge < -0.3 is 5.32 Å². The molecule has 1 saturated carbocycles. The third kappa shape index (κ3) is 2.31. The monoisotopic (exact) mass is 204 g/mol. The molecule has 0 amide bonds. The highest BCUT2D eigenvalue weighted by Gasteiger charge is 2.25. The first-order valence-electron chi connectivity index (χ1n) is 5.81. The number of aliphatic imine (C=N–C) groups is 1.